The number of ether oxygens (including phenoxy) is 2. The molecule has 0 aliphatic rings. The molecular weight excluding hydrogens is 667 g/mol. The molecule has 0 heterocycles. The van der Waals surface area contributed by atoms with Gasteiger partial charge in [-0.1, -0.05) is 24.3 Å². The zero-order chi connectivity index (χ0) is 36.8. The number of nitroso groups, excluding NO2 is 2. The molecule has 0 fully saturated rings. The van der Waals surface area contributed by atoms with Crippen molar-refractivity contribution in [3.63, 3.8) is 0 Å². The van der Waals surface area contributed by atoms with E-state index in [2.05, 4.69) is 20.5 Å². The maximum atomic E-state index is 12.2. The summed E-state index contributed by atoms with van der Waals surface area (Å²) in [5, 5.41) is 20.2. The van der Waals surface area contributed by atoms with E-state index in [-0.39, 0.29) is 47.9 Å². The highest BCUT2D eigenvalue weighted by atomic mass is 31.2. The second-order valence-electron chi connectivity index (χ2n) is 10.9. The summed E-state index contributed by atoms with van der Waals surface area (Å²) in [6.07, 6.45) is 0. The summed E-state index contributed by atoms with van der Waals surface area (Å²) in [5.74, 6) is 0.907. The van der Waals surface area contributed by atoms with Crippen LogP contribution >= 0.6 is 7.67 Å². The molecule has 3 N–H and O–H groups in total. The van der Waals surface area contributed by atoms with E-state index in [9.17, 15) is 24.0 Å². The predicted octanol–water partition coefficient (Wildman–Crippen LogP) is 6.71. The van der Waals surface area contributed by atoms with E-state index in [1.165, 1.54) is 42.1 Å². The molecule has 2 amide bonds. The Morgan fingerprint density at radius 3 is 1.54 bits per heavy atom. The van der Waals surface area contributed by atoms with Crippen molar-refractivity contribution in [2.45, 2.75) is 13.2 Å². The number of nitrogens with zero attached hydrogens (tertiary/aromatic N) is 4. The molecule has 0 spiro atoms. The summed E-state index contributed by atoms with van der Waals surface area (Å²) in [6.45, 7) is -0.151. The third-order valence-corrected chi connectivity index (χ3v) is 8.53. The van der Waals surface area contributed by atoms with Gasteiger partial charge in [0.05, 0.1) is 13.2 Å². The fourth-order valence-electron chi connectivity index (χ4n) is 4.18. The van der Waals surface area contributed by atoms with Gasteiger partial charge >= 0.3 is 7.67 Å². The molecule has 0 atom stereocenters. The number of aliphatic hydroxyl groups is 1. The van der Waals surface area contributed by atoms with Crippen LogP contribution in [0.2, 0.25) is 0 Å². The average Bonchev–Trinajstić information content (AvgIpc) is 3.13. The Hall–Kier alpha value is -5.31. The van der Waals surface area contributed by atoms with Crippen molar-refractivity contribution in [1.29, 1.82) is 0 Å². The Kier molecular flexibility index (Phi) is 14.4. The summed E-state index contributed by atoms with van der Waals surface area (Å²) < 4.78 is 29.0. The lowest BCUT2D eigenvalue weighted by molar-refractivity contribution is 0.0820. The van der Waals surface area contributed by atoms with E-state index in [1.807, 2.05) is 0 Å². The molecule has 15 nitrogen and oxygen atoms in total. The maximum absolute atomic E-state index is 12.2. The van der Waals surface area contributed by atoms with Gasteiger partial charge in [-0.15, -0.1) is 9.81 Å². The van der Waals surface area contributed by atoms with Crippen LogP contribution in [0.25, 0.3) is 0 Å². The van der Waals surface area contributed by atoms with Gasteiger partial charge in [0.15, 0.2) is 22.9 Å². The van der Waals surface area contributed by atoms with E-state index >= 15 is 0 Å². The minimum Gasteiger partial charge on any atom is -0.455 e. The molecule has 0 unspecified atom stereocenters. The number of rotatable bonds is 14. The topological polar surface area (TPSA) is 189 Å². The summed E-state index contributed by atoms with van der Waals surface area (Å²) in [6, 6.07) is 22.5. The molecule has 0 aliphatic heterocycles. The van der Waals surface area contributed by atoms with Gasteiger partial charge in [0, 0.05) is 39.3 Å². The number of hydrogen-bond donors (Lipinski definition) is 3. The minimum absolute atomic E-state index is 0.0214. The SMILES string of the molecule is CN(C)C(=O)c1cccc(Oc2cc(CO)ccc2N=O)c1.CNP(=O)(NC)OCc1ccc(N=O)c(Oc2cccc(C(=O)N(C)C)c2)c1. The first-order valence-electron chi connectivity index (χ1n) is 15.0. The molecule has 0 saturated carbocycles. The van der Waals surface area contributed by atoms with Gasteiger partial charge in [0.1, 0.15) is 11.5 Å². The molecular formula is C34H39N6O9P. The van der Waals surface area contributed by atoms with Crippen LogP contribution in [0.15, 0.2) is 95.3 Å². The van der Waals surface area contributed by atoms with Gasteiger partial charge in [-0.25, -0.2) is 10.2 Å². The zero-order valence-corrected chi connectivity index (χ0v) is 29.3. The van der Waals surface area contributed by atoms with Crippen molar-refractivity contribution in [2.24, 2.45) is 10.4 Å². The molecule has 16 heteroatoms. The summed E-state index contributed by atoms with van der Waals surface area (Å²) in [4.78, 5) is 48.9. The highest BCUT2D eigenvalue weighted by Gasteiger charge is 2.19. The van der Waals surface area contributed by atoms with Crippen molar-refractivity contribution in [3.8, 4) is 23.0 Å². The average molecular weight is 707 g/mol. The summed E-state index contributed by atoms with van der Waals surface area (Å²) in [5.41, 5.74) is 2.38. The first-order valence-corrected chi connectivity index (χ1v) is 16.6. The molecule has 50 heavy (non-hydrogen) atoms. The van der Waals surface area contributed by atoms with Crippen molar-refractivity contribution in [3.05, 3.63) is 117 Å². The molecule has 4 rings (SSSR count). The molecule has 0 bridgehead atoms. The van der Waals surface area contributed by atoms with Gasteiger partial charge in [-0.2, -0.15) is 0 Å². The zero-order valence-electron chi connectivity index (χ0n) is 28.4. The molecule has 0 saturated heterocycles. The van der Waals surface area contributed by atoms with E-state index in [4.69, 9.17) is 19.1 Å². The number of carbonyl (C=O) groups is 2. The van der Waals surface area contributed by atoms with Crippen molar-refractivity contribution < 1.29 is 33.3 Å². The van der Waals surface area contributed by atoms with Crippen LogP contribution in [0.1, 0.15) is 31.8 Å². The minimum atomic E-state index is -3.14. The first kappa shape index (κ1) is 39.1. The van der Waals surface area contributed by atoms with Gasteiger partial charge in [-0.05, 0) is 96.2 Å². The number of hydrogen-bond acceptors (Lipinski definition) is 11. The molecule has 4 aromatic carbocycles. The quantitative estimate of drug-likeness (QED) is 0.0933. The number of carbonyl (C=O) groups excluding carboxylic acids is 2. The van der Waals surface area contributed by atoms with Crippen LogP contribution in [0.5, 0.6) is 23.0 Å². The normalized spacial score (nSPS) is 10.7. The standard InChI is InChI=1S/C18H23N4O5P.C16H16N2O4/c1-19-28(25,20-2)26-12-13-8-9-16(21-24)17(10-13)27-15-7-5-6-14(11-15)18(23)22(3)4;1-18(2)16(20)12-4-3-5-13(9-12)22-15-8-11(10-19)6-7-14(15)17-21/h5-11H,12H2,1-4H3,(H2,19,20,25);3-9,19H,10H2,1-2H3. The van der Waals surface area contributed by atoms with Crippen LogP contribution in [0.3, 0.4) is 0 Å². The Labute approximate surface area is 289 Å². The maximum Gasteiger partial charge on any atom is 0.340 e. The smallest absolute Gasteiger partial charge is 0.340 e. The number of amides is 2. The number of nitrogens with one attached hydrogen (secondary N) is 2. The number of aliphatic hydroxyl groups excluding tert-OH is 1. The van der Waals surface area contributed by atoms with E-state index in [0.717, 1.165) is 0 Å². The monoisotopic (exact) mass is 706 g/mol. The van der Waals surface area contributed by atoms with Gasteiger partial charge < -0.3 is 28.9 Å². The molecule has 0 aliphatic carbocycles. The highest BCUT2D eigenvalue weighted by Crippen LogP contribution is 2.39. The fourth-order valence-corrected chi connectivity index (χ4v) is 4.99. The Bertz CT molecular complexity index is 1860. The molecule has 4 aromatic rings. The first-order chi connectivity index (χ1) is 23.9. The second-order valence-corrected chi connectivity index (χ2v) is 13.1. The van der Waals surface area contributed by atoms with E-state index in [1.54, 1.807) is 94.9 Å². The van der Waals surface area contributed by atoms with Crippen LogP contribution in [-0.2, 0) is 22.3 Å². The lowest BCUT2D eigenvalue weighted by Gasteiger charge is -2.16. The molecule has 0 aromatic heterocycles. The highest BCUT2D eigenvalue weighted by molar-refractivity contribution is 7.54. The Balaban J connectivity index is 0.000000278. The Morgan fingerprint density at radius 1 is 0.700 bits per heavy atom. The van der Waals surface area contributed by atoms with Gasteiger partial charge in [0.25, 0.3) is 11.8 Å². The fraction of sp³-hybridized carbons (Fsp3) is 0.235. The van der Waals surface area contributed by atoms with Crippen molar-refractivity contribution >= 4 is 30.9 Å². The Morgan fingerprint density at radius 2 is 1.14 bits per heavy atom. The third kappa shape index (κ3) is 10.9. The van der Waals surface area contributed by atoms with Gasteiger partial charge in [0.2, 0.25) is 0 Å². The lowest BCUT2D eigenvalue weighted by atomic mass is 10.2. The van der Waals surface area contributed by atoms with Crippen LogP contribution in [-0.4, -0.2) is 69.0 Å². The predicted molar refractivity (Wildman–Crippen MR) is 189 cm³/mol. The second kappa shape index (κ2) is 18.5. The largest absolute Gasteiger partial charge is 0.455 e. The van der Waals surface area contributed by atoms with Crippen molar-refractivity contribution in [2.75, 3.05) is 42.3 Å². The number of benzene rings is 4. The van der Waals surface area contributed by atoms with E-state index < -0.39 is 7.67 Å². The molecule has 0 radical (unpaired) electrons. The van der Waals surface area contributed by atoms with Gasteiger partial charge in [-0.3, -0.25) is 14.2 Å². The lowest BCUT2D eigenvalue weighted by Crippen LogP contribution is -2.21. The van der Waals surface area contributed by atoms with Crippen molar-refractivity contribution in [1.82, 2.24) is 20.0 Å². The van der Waals surface area contributed by atoms with Crippen LogP contribution in [0.4, 0.5) is 11.4 Å². The summed E-state index contributed by atoms with van der Waals surface area (Å²) >= 11 is 0. The van der Waals surface area contributed by atoms with Crippen LogP contribution < -0.4 is 19.6 Å². The summed E-state index contributed by atoms with van der Waals surface area (Å²) in [7, 11) is 6.53. The van der Waals surface area contributed by atoms with Crippen LogP contribution in [0, 0.1) is 9.81 Å². The molecule has 264 valence electrons. The van der Waals surface area contributed by atoms with E-state index in [0.29, 0.717) is 33.8 Å². The third-order valence-electron chi connectivity index (χ3n) is 6.86.